The second-order valence-electron chi connectivity index (χ2n) is 5.82. The second-order valence-corrected chi connectivity index (χ2v) is 5.82. The number of para-hydroxylation sites is 1. The van der Waals surface area contributed by atoms with Gasteiger partial charge in [-0.05, 0) is 29.8 Å². The Bertz CT molecular complexity index is 892. The summed E-state index contributed by atoms with van der Waals surface area (Å²) in [4.78, 5) is 6.34. The molecule has 0 radical (unpaired) electrons. The Morgan fingerprint density at radius 2 is 1.92 bits per heavy atom. The van der Waals surface area contributed by atoms with Crippen LogP contribution in [0.2, 0.25) is 0 Å². The maximum Gasteiger partial charge on any atom is 0.194 e. The summed E-state index contributed by atoms with van der Waals surface area (Å²) in [5.41, 5.74) is 2.65. The van der Waals surface area contributed by atoms with Crippen LogP contribution in [0.5, 0.6) is 0 Å². The molecule has 0 aliphatic carbocycles. The van der Waals surface area contributed by atoms with E-state index < -0.39 is 0 Å². The van der Waals surface area contributed by atoms with Crippen LogP contribution in [0.15, 0.2) is 64.0 Å². The first kappa shape index (κ1) is 19.8. The maximum atomic E-state index is 8.85. The summed E-state index contributed by atoms with van der Waals surface area (Å²) in [6, 6.07) is 19.7. The number of hydrogen-bond acceptors (Lipinski definition) is 3. The molecule has 26 heavy (non-hydrogen) atoms. The fourth-order valence-electron chi connectivity index (χ4n) is 2.69. The molecule has 0 saturated carbocycles. The molecule has 6 heteroatoms. The summed E-state index contributed by atoms with van der Waals surface area (Å²) in [6.07, 6.45) is 0. The van der Waals surface area contributed by atoms with Gasteiger partial charge in [-0.2, -0.15) is 5.26 Å². The zero-order valence-corrected chi connectivity index (χ0v) is 17.1. The molecule has 0 aliphatic rings. The molecular formula is C20H21IN4O. The minimum atomic E-state index is 0. The lowest BCUT2D eigenvalue weighted by atomic mass is 10.1. The van der Waals surface area contributed by atoms with Crippen molar-refractivity contribution in [3.05, 3.63) is 71.5 Å². The second kappa shape index (κ2) is 9.25. The minimum Gasteiger partial charge on any atom is -0.459 e. The van der Waals surface area contributed by atoms with E-state index in [1.807, 2.05) is 60.5 Å². The zero-order chi connectivity index (χ0) is 17.6. The summed E-state index contributed by atoms with van der Waals surface area (Å²) >= 11 is 0. The van der Waals surface area contributed by atoms with Gasteiger partial charge in [-0.15, -0.1) is 24.0 Å². The monoisotopic (exact) mass is 460 g/mol. The lowest BCUT2D eigenvalue weighted by molar-refractivity contribution is 0.412. The minimum absolute atomic E-state index is 0. The van der Waals surface area contributed by atoms with E-state index in [-0.39, 0.29) is 24.0 Å². The van der Waals surface area contributed by atoms with Crippen molar-refractivity contribution in [2.24, 2.45) is 4.99 Å². The number of halogens is 1. The molecule has 5 nitrogen and oxygen atoms in total. The molecule has 1 heterocycles. The predicted molar refractivity (Wildman–Crippen MR) is 114 cm³/mol. The van der Waals surface area contributed by atoms with Crippen molar-refractivity contribution in [1.29, 1.82) is 5.26 Å². The van der Waals surface area contributed by atoms with Crippen LogP contribution in [0.3, 0.4) is 0 Å². The molecule has 0 amide bonds. The Balaban J connectivity index is 0.00000243. The third-order valence-corrected chi connectivity index (χ3v) is 3.98. The third kappa shape index (κ3) is 4.76. The first-order valence-corrected chi connectivity index (χ1v) is 8.08. The molecule has 3 aromatic rings. The Labute approximate surface area is 170 Å². The van der Waals surface area contributed by atoms with Crippen molar-refractivity contribution in [3.8, 4) is 6.07 Å². The van der Waals surface area contributed by atoms with E-state index in [1.54, 1.807) is 7.05 Å². The number of nitriles is 1. The smallest absolute Gasteiger partial charge is 0.194 e. The van der Waals surface area contributed by atoms with Gasteiger partial charge >= 0.3 is 0 Å². The number of fused-ring (bicyclic) bond motifs is 1. The average molecular weight is 460 g/mol. The normalized spacial score (nSPS) is 10.9. The van der Waals surface area contributed by atoms with Crippen molar-refractivity contribution < 1.29 is 4.42 Å². The van der Waals surface area contributed by atoms with Gasteiger partial charge in [0.1, 0.15) is 11.3 Å². The van der Waals surface area contributed by atoms with Crippen LogP contribution in [0.4, 0.5) is 0 Å². The predicted octanol–water partition coefficient (Wildman–Crippen LogP) is 4.13. The lowest BCUT2D eigenvalue weighted by Crippen LogP contribution is -2.37. The molecule has 2 aromatic carbocycles. The van der Waals surface area contributed by atoms with Crippen molar-refractivity contribution in [2.45, 2.75) is 13.1 Å². The highest BCUT2D eigenvalue weighted by Crippen LogP contribution is 2.19. The van der Waals surface area contributed by atoms with Crippen LogP contribution in [-0.4, -0.2) is 25.0 Å². The number of rotatable bonds is 4. The van der Waals surface area contributed by atoms with Gasteiger partial charge in [0.25, 0.3) is 0 Å². The highest BCUT2D eigenvalue weighted by atomic mass is 127. The fraction of sp³-hybridized carbons (Fsp3) is 0.200. The van der Waals surface area contributed by atoms with Gasteiger partial charge in [-0.3, -0.25) is 4.99 Å². The standard InChI is InChI=1S/C20H20N4O.HI/c1-22-20(23-13-16-9-7-15(12-21)8-10-16)24(2)14-18-11-17-5-3-4-6-19(17)25-18;/h3-11H,13-14H2,1-2H3,(H,22,23);1H. The average Bonchev–Trinajstić information content (AvgIpc) is 3.05. The molecule has 0 unspecified atom stereocenters. The SMILES string of the molecule is CN=C(NCc1ccc(C#N)cc1)N(C)Cc1cc2ccccc2o1.I. The molecule has 0 aliphatic heterocycles. The molecule has 1 aromatic heterocycles. The number of benzene rings is 2. The topological polar surface area (TPSA) is 64.6 Å². The molecule has 0 bridgehead atoms. The maximum absolute atomic E-state index is 8.85. The van der Waals surface area contributed by atoms with Crippen molar-refractivity contribution in [1.82, 2.24) is 10.2 Å². The summed E-state index contributed by atoms with van der Waals surface area (Å²) in [5, 5.41) is 13.3. The van der Waals surface area contributed by atoms with Gasteiger partial charge in [-0.1, -0.05) is 30.3 Å². The van der Waals surface area contributed by atoms with Gasteiger partial charge < -0.3 is 14.6 Å². The summed E-state index contributed by atoms with van der Waals surface area (Å²) in [7, 11) is 3.73. The van der Waals surface area contributed by atoms with Gasteiger partial charge in [0.05, 0.1) is 18.2 Å². The highest BCUT2D eigenvalue weighted by Gasteiger charge is 2.10. The van der Waals surface area contributed by atoms with E-state index >= 15 is 0 Å². The summed E-state index contributed by atoms with van der Waals surface area (Å²) in [6.45, 7) is 1.27. The molecule has 0 atom stereocenters. The van der Waals surface area contributed by atoms with E-state index in [9.17, 15) is 0 Å². The van der Waals surface area contributed by atoms with Crippen LogP contribution < -0.4 is 5.32 Å². The largest absolute Gasteiger partial charge is 0.459 e. The zero-order valence-electron chi connectivity index (χ0n) is 14.8. The summed E-state index contributed by atoms with van der Waals surface area (Å²) < 4.78 is 5.87. The number of nitrogens with zero attached hydrogens (tertiary/aromatic N) is 3. The molecule has 3 rings (SSSR count). The Hall–Kier alpha value is -2.53. The van der Waals surface area contributed by atoms with Crippen LogP contribution in [-0.2, 0) is 13.1 Å². The van der Waals surface area contributed by atoms with Crippen LogP contribution in [0.25, 0.3) is 11.0 Å². The Kier molecular flexibility index (Phi) is 7.04. The van der Waals surface area contributed by atoms with E-state index in [1.165, 1.54) is 0 Å². The number of hydrogen-bond donors (Lipinski definition) is 1. The Morgan fingerprint density at radius 3 is 2.58 bits per heavy atom. The van der Waals surface area contributed by atoms with Gasteiger partial charge in [0.15, 0.2) is 5.96 Å². The third-order valence-electron chi connectivity index (χ3n) is 3.98. The van der Waals surface area contributed by atoms with Gasteiger partial charge in [0.2, 0.25) is 0 Å². The molecule has 134 valence electrons. The molecule has 0 saturated heterocycles. The fourth-order valence-corrected chi connectivity index (χ4v) is 2.69. The summed E-state index contributed by atoms with van der Waals surface area (Å²) in [5.74, 6) is 1.68. The number of nitrogens with one attached hydrogen (secondary N) is 1. The highest BCUT2D eigenvalue weighted by molar-refractivity contribution is 14.0. The number of guanidine groups is 1. The van der Waals surface area contributed by atoms with E-state index in [4.69, 9.17) is 9.68 Å². The van der Waals surface area contributed by atoms with E-state index in [0.29, 0.717) is 18.7 Å². The lowest BCUT2D eigenvalue weighted by Gasteiger charge is -2.21. The van der Waals surface area contributed by atoms with Gasteiger partial charge in [-0.25, -0.2) is 0 Å². The number of aliphatic imine (C=N–C) groups is 1. The molecule has 1 N–H and O–H groups in total. The molecule has 0 spiro atoms. The van der Waals surface area contributed by atoms with Crippen LogP contribution in [0.1, 0.15) is 16.9 Å². The van der Waals surface area contributed by atoms with Crippen molar-refractivity contribution in [3.63, 3.8) is 0 Å². The Morgan fingerprint density at radius 1 is 1.19 bits per heavy atom. The quantitative estimate of drug-likeness (QED) is 0.361. The number of furan rings is 1. The van der Waals surface area contributed by atoms with E-state index in [0.717, 1.165) is 28.3 Å². The van der Waals surface area contributed by atoms with Gasteiger partial charge in [0, 0.05) is 26.0 Å². The van der Waals surface area contributed by atoms with Crippen molar-refractivity contribution in [2.75, 3.05) is 14.1 Å². The van der Waals surface area contributed by atoms with Crippen LogP contribution >= 0.6 is 24.0 Å². The van der Waals surface area contributed by atoms with Crippen LogP contribution in [0, 0.1) is 11.3 Å². The first-order valence-electron chi connectivity index (χ1n) is 8.08. The van der Waals surface area contributed by atoms with E-state index in [2.05, 4.69) is 22.4 Å². The van der Waals surface area contributed by atoms with Crippen molar-refractivity contribution >= 4 is 40.9 Å². The first-order chi connectivity index (χ1) is 12.2. The molecular weight excluding hydrogens is 439 g/mol. The molecule has 0 fully saturated rings.